The predicted octanol–water partition coefficient (Wildman–Crippen LogP) is 3.32. The third-order valence-electron chi connectivity index (χ3n) is 6.73. The normalized spacial score (nSPS) is 14.7. The van der Waals surface area contributed by atoms with Crippen molar-refractivity contribution in [2.45, 2.75) is 32.6 Å². The van der Waals surface area contributed by atoms with E-state index in [1.165, 1.54) is 5.69 Å². The van der Waals surface area contributed by atoms with E-state index in [1.807, 2.05) is 41.8 Å². The molecule has 9 heteroatoms. The number of aromatic nitrogens is 6. The third kappa shape index (κ3) is 4.54. The van der Waals surface area contributed by atoms with Crippen LogP contribution >= 0.6 is 0 Å². The van der Waals surface area contributed by atoms with E-state index >= 15 is 0 Å². The highest BCUT2D eigenvalue weighted by atomic mass is 16.5. The zero-order chi connectivity index (χ0) is 24.7. The molecule has 0 aliphatic carbocycles. The molecular weight excluding hydrogens is 440 g/mol. The van der Waals surface area contributed by atoms with Gasteiger partial charge in [0.2, 0.25) is 5.95 Å². The van der Waals surface area contributed by atoms with Crippen molar-refractivity contribution < 1.29 is 4.74 Å². The number of rotatable bonds is 5. The van der Waals surface area contributed by atoms with E-state index in [0.717, 1.165) is 66.1 Å². The number of hydrogen-bond donors (Lipinski definition) is 0. The minimum atomic E-state index is -0.00173. The summed E-state index contributed by atoms with van der Waals surface area (Å²) in [5.74, 6) is 1.62. The van der Waals surface area contributed by atoms with Crippen LogP contribution in [0.2, 0.25) is 0 Å². The van der Waals surface area contributed by atoms with Crippen molar-refractivity contribution >= 4 is 22.8 Å². The zero-order valence-corrected chi connectivity index (χ0v) is 21.5. The average molecular weight is 475 g/mol. The lowest BCUT2D eigenvalue weighted by atomic mass is 9.92. The molecule has 5 rings (SSSR count). The number of fused-ring (bicyclic) bond motifs is 1. The first kappa shape index (κ1) is 23.1. The van der Waals surface area contributed by atoms with Crippen LogP contribution in [0.15, 0.2) is 36.7 Å². The lowest BCUT2D eigenvalue weighted by Gasteiger charge is -2.36. The van der Waals surface area contributed by atoms with Gasteiger partial charge in [-0.05, 0) is 30.3 Å². The van der Waals surface area contributed by atoms with Gasteiger partial charge in [0.15, 0.2) is 5.65 Å². The Kier molecular flexibility index (Phi) is 5.86. The van der Waals surface area contributed by atoms with Gasteiger partial charge in [0.25, 0.3) is 0 Å². The molecule has 4 heterocycles. The molecule has 184 valence electrons. The van der Waals surface area contributed by atoms with E-state index in [-0.39, 0.29) is 5.41 Å². The van der Waals surface area contributed by atoms with Gasteiger partial charge in [-0.25, -0.2) is 9.97 Å². The first-order valence-electron chi connectivity index (χ1n) is 12.1. The molecule has 1 saturated heterocycles. The summed E-state index contributed by atoms with van der Waals surface area (Å²) in [4.78, 5) is 19.1. The Morgan fingerprint density at radius 1 is 0.943 bits per heavy atom. The maximum Gasteiger partial charge on any atom is 0.227 e. The molecule has 4 aromatic rings. The fraction of sp³-hybridized carbons (Fsp3) is 0.462. The molecule has 35 heavy (non-hydrogen) atoms. The van der Waals surface area contributed by atoms with E-state index in [4.69, 9.17) is 19.8 Å². The lowest BCUT2D eigenvalue weighted by molar-refractivity contribution is 0.415. The van der Waals surface area contributed by atoms with Gasteiger partial charge in [0.1, 0.15) is 11.3 Å². The van der Waals surface area contributed by atoms with Crippen LogP contribution in [-0.4, -0.2) is 62.6 Å². The fourth-order valence-electron chi connectivity index (χ4n) is 4.56. The Bertz CT molecular complexity index is 1320. The number of benzene rings is 1. The molecule has 0 radical (unpaired) electrons. The summed E-state index contributed by atoms with van der Waals surface area (Å²) in [5.41, 5.74) is 6.11. The Morgan fingerprint density at radius 3 is 2.26 bits per heavy atom. The molecule has 0 N–H and O–H groups in total. The monoisotopic (exact) mass is 474 g/mol. The van der Waals surface area contributed by atoms with E-state index in [2.05, 4.69) is 53.8 Å². The van der Waals surface area contributed by atoms with Gasteiger partial charge in [0.05, 0.1) is 24.8 Å². The first-order valence-corrected chi connectivity index (χ1v) is 12.1. The molecule has 0 spiro atoms. The van der Waals surface area contributed by atoms with Crippen molar-refractivity contribution in [1.29, 1.82) is 0 Å². The minimum Gasteiger partial charge on any atom is -0.497 e. The van der Waals surface area contributed by atoms with Crippen LogP contribution in [0.5, 0.6) is 5.75 Å². The smallest absolute Gasteiger partial charge is 0.227 e. The van der Waals surface area contributed by atoms with Gasteiger partial charge in [0, 0.05) is 63.5 Å². The van der Waals surface area contributed by atoms with Crippen LogP contribution < -0.4 is 14.5 Å². The molecule has 0 saturated carbocycles. The summed E-state index contributed by atoms with van der Waals surface area (Å²) in [7, 11) is 5.70. The highest BCUT2D eigenvalue weighted by Gasteiger charge is 2.24. The second-order valence-corrected chi connectivity index (χ2v) is 10.2. The average Bonchev–Trinajstić information content (AvgIpc) is 3.41. The Morgan fingerprint density at radius 2 is 1.63 bits per heavy atom. The first-order chi connectivity index (χ1) is 16.7. The maximum absolute atomic E-state index is 5.29. The molecule has 0 atom stereocenters. The number of piperazine rings is 1. The Labute approximate surface area is 206 Å². The van der Waals surface area contributed by atoms with Gasteiger partial charge in [-0.3, -0.25) is 4.68 Å². The molecule has 0 unspecified atom stereocenters. The number of methoxy groups -OCH3 is 1. The molecule has 9 nitrogen and oxygen atoms in total. The zero-order valence-electron chi connectivity index (χ0n) is 21.5. The molecule has 1 fully saturated rings. The van der Waals surface area contributed by atoms with Crippen molar-refractivity contribution in [3.8, 4) is 5.75 Å². The number of imidazole rings is 1. The van der Waals surface area contributed by atoms with Gasteiger partial charge < -0.3 is 19.1 Å². The number of hydrogen-bond acceptors (Lipinski definition) is 7. The molecule has 3 aromatic heterocycles. The van der Waals surface area contributed by atoms with Crippen molar-refractivity contribution in [3.63, 3.8) is 0 Å². The van der Waals surface area contributed by atoms with E-state index < -0.39 is 0 Å². The number of nitrogens with zero attached hydrogens (tertiary/aromatic N) is 8. The Balaban J connectivity index is 1.40. The number of aryl methyl sites for hydroxylation is 2. The molecule has 1 aliphatic rings. The fourth-order valence-corrected chi connectivity index (χ4v) is 4.56. The summed E-state index contributed by atoms with van der Waals surface area (Å²) in [6.07, 6.45) is 2.50. The lowest BCUT2D eigenvalue weighted by Crippen LogP contribution is -2.47. The van der Waals surface area contributed by atoms with E-state index in [1.54, 1.807) is 7.11 Å². The van der Waals surface area contributed by atoms with Crippen LogP contribution in [0.4, 0.5) is 11.6 Å². The summed E-state index contributed by atoms with van der Waals surface area (Å²) in [6, 6.07) is 10.4. The molecule has 1 aromatic carbocycles. The van der Waals surface area contributed by atoms with E-state index in [0.29, 0.717) is 6.42 Å². The summed E-state index contributed by atoms with van der Waals surface area (Å²) in [6.45, 7) is 10.1. The molecule has 0 amide bonds. The molecule has 0 bridgehead atoms. The summed E-state index contributed by atoms with van der Waals surface area (Å²) < 4.78 is 9.27. The topological polar surface area (TPSA) is 77.1 Å². The quantitative estimate of drug-likeness (QED) is 0.439. The highest BCUT2D eigenvalue weighted by Crippen LogP contribution is 2.26. The minimum absolute atomic E-state index is 0.00173. The second-order valence-electron chi connectivity index (χ2n) is 10.2. The highest BCUT2D eigenvalue weighted by molar-refractivity contribution is 5.75. The van der Waals surface area contributed by atoms with Crippen LogP contribution in [0.3, 0.4) is 0 Å². The van der Waals surface area contributed by atoms with Gasteiger partial charge in [-0.15, -0.1) is 0 Å². The summed E-state index contributed by atoms with van der Waals surface area (Å²) in [5, 5.41) is 4.76. The van der Waals surface area contributed by atoms with Gasteiger partial charge >= 0.3 is 0 Å². The van der Waals surface area contributed by atoms with Crippen LogP contribution in [0, 0.1) is 0 Å². The second kappa shape index (κ2) is 8.87. The third-order valence-corrected chi connectivity index (χ3v) is 6.73. The number of ether oxygens (including phenoxy) is 1. The predicted molar refractivity (Wildman–Crippen MR) is 138 cm³/mol. The van der Waals surface area contributed by atoms with Crippen LogP contribution in [0.25, 0.3) is 11.2 Å². The molecular formula is C26H34N8O. The SMILES string of the molecule is COc1ccc(N2CCN(c3nc(Cc4cc(C(C)(C)C)nn4C)c4c(ncn4C)n3)CC2)cc1. The van der Waals surface area contributed by atoms with Crippen molar-refractivity contribution in [2.75, 3.05) is 43.1 Å². The Hall–Kier alpha value is -3.62. The van der Waals surface area contributed by atoms with Gasteiger partial charge in [-0.2, -0.15) is 10.1 Å². The standard InChI is InChI=1S/C26H34N8O/c1-26(2,3)22-16-19(32(5)30-22)15-21-23-24(27-17-31(23)4)29-25(28-21)34-13-11-33(12-14-34)18-7-9-20(35-6)10-8-18/h7-10,16-17H,11-15H2,1-6H3. The van der Waals surface area contributed by atoms with Gasteiger partial charge in [-0.1, -0.05) is 20.8 Å². The molecule has 1 aliphatic heterocycles. The van der Waals surface area contributed by atoms with Crippen molar-refractivity contribution in [2.24, 2.45) is 14.1 Å². The van der Waals surface area contributed by atoms with Crippen molar-refractivity contribution in [3.05, 3.63) is 53.7 Å². The van der Waals surface area contributed by atoms with Crippen molar-refractivity contribution in [1.82, 2.24) is 29.3 Å². The largest absolute Gasteiger partial charge is 0.497 e. The van der Waals surface area contributed by atoms with Crippen LogP contribution in [-0.2, 0) is 25.9 Å². The number of anilines is 2. The summed E-state index contributed by atoms with van der Waals surface area (Å²) >= 11 is 0. The van der Waals surface area contributed by atoms with E-state index in [9.17, 15) is 0 Å². The van der Waals surface area contributed by atoms with Crippen LogP contribution in [0.1, 0.15) is 37.9 Å². The maximum atomic E-state index is 5.29.